The van der Waals surface area contributed by atoms with E-state index in [1.54, 1.807) is 11.3 Å². The summed E-state index contributed by atoms with van der Waals surface area (Å²) in [5, 5.41) is 27.7. The molecule has 2 atom stereocenters. The first-order chi connectivity index (χ1) is 13.0. The molecule has 154 valence electrons. The van der Waals surface area contributed by atoms with Crippen molar-refractivity contribution >= 4 is 11.3 Å². The zero-order valence-electron chi connectivity index (χ0n) is 18.0. The SMILES string of the molecule is CC(C)(C)c1cc(-c2csc(CC3CNCCC3O)n2)cc(C(C)(C)C)c1O. The molecule has 1 saturated heterocycles. The lowest BCUT2D eigenvalue weighted by atomic mass is 9.78. The maximum atomic E-state index is 10.9. The molecule has 1 aromatic carbocycles. The first kappa shape index (κ1) is 21.3. The largest absolute Gasteiger partial charge is 0.507 e. The summed E-state index contributed by atoms with van der Waals surface area (Å²) in [6.07, 6.45) is 1.36. The molecule has 0 bridgehead atoms. The summed E-state index contributed by atoms with van der Waals surface area (Å²) in [5.41, 5.74) is 3.60. The minimum Gasteiger partial charge on any atom is -0.507 e. The van der Waals surface area contributed by atoms with E-state index in [0.29, 0.717) is 5.75 Å². The van der Waals surface area contributed by atoms with Crippen molar-refractivity contribution in [1.82, 2.24) is 10.3 Å². The number of rotatable bonds is 3. The number of phenols is 1. The summed E-state index contributed by atoms with van der Waals surface area (Å²) in [4.78, 5) is 4.88. The molecule has 1 aliphatic rings. The summed E-state index contributed by atoms with van der Waals surface area (Å²) >= 11 is 1.66. The summed E-state index contributed by atoms with van der Waals surface area (Å²) in [6, 6.07) is 4.17. The number of benzene rings is 1. The third-order valence-corrected chi connectivity index (χ3v) is 6.45. The van der Waals surface area contributed by atoms with E-state index in [-0.39, 0.29) is 22.9 Å². The number of phenolic OH excluding ortho intramolecular Hbond substituents is 1. The molecule has 1 aromatic heterocycles. The van der Waals surface area contributed by atoms with Gasteiger partial charge in [0.1, 0.15) is 5.75 Å². The van der Waals surface area contributed by atoms with E-state index in [1.807, 2.05) is 0 Å². The molecule has 3 rings (SSSR count). The van der Waals surface area contributed by atoms with Crippen LogP contribution in [-0.2, 0) is 17.3 Å². The minimum atomic E-state index is -0.248. The van der Waals surface area contributed by atoms with E-state index in [2.05, 4.69) is 64.4 Å². The van der Waals surface area contributed by atoms with Gasteiger partial charge in [0, 0.05) is 41.0 Å². The van der Waals surface area contributed by atoms with E-state index in [4.69, 9.17) is 4.98 Å². The maximum Gasteiger partial charge on any atom is 0.123 e. The van der Waals surface area contributed by atoms with Crippen LogP contribution in [0.25, 0.3) is 11.3 Å². The van der Waals surface area contributed by atoms with Crippen molar-refractivity contribution in [3.05, 3.63) is 33.6 Å². The topological polar surface area (TPSA) is 65.4 Å². The van der Waals surface area contributed by atoms with E-state index in [1.165, 1.54) is 0 Å². The molecule has 4 nitrogen and oxygen atoms in total. The Kier molecular flexibility index (Phi) is 5.91. The second-order valence-electron chi connectivity index (χ2n) is 10.1. The number of aliphatic hydroxyl groups excluding tert-OH is 1. The zero-order chi connectivity index (χ0) is 20.7. The fourth-order valence-corrected chi connectivity index (χ4v) is 4.70. The quantitative estimate of drug-likeness (QED) is 0.701. The van der Waals surface area contributed by atoms with E-state index >= 15 is 0 Å². The zero-order valence-corrected chi connectivity index (χ0v) is 18.8. The highest BCUT2D eigenvalue weighted by molar-refractivity contribution is 7.09. The van der Waals surface area contributed by atoms with Gasteiger partial charge in [-0.25, -0.2) is 4.98 Å². The smallest absolute Gasteiger partial charge is 0.123 e. The van der Waals surface area contributed by atoms with E-state index in [9.17, 15) is 10.2 Å². The highest BCUT2D eigenvalue weighted by Crippen LogP contribution is 2.42. The van der Waals surface area contributed by atoms with Crippen LogP contribution in [0.2, 0.25) is 0 Å². The van der Waals surface area contributed by atoms with Crippen molar-refractivity contribution in [1.29, 1.82) is 0 Å². The van der Waals surface area contributed by atoms with Gasteiger partial charge in [0.2, 0.25) is 0 Å². The van der Waals surface area contributed by atoms with Crippen LogP contribution >= 0.6 is 11.3 Å². The second-order valence-corrected chi connectivity index (χ2v) is 11.0. The van der Waals surface area contributed by atoms with Crippen molar-refractivity contribution in [3.8, 4) is 17.0 Å². The summed E-state index contributed by atoms with van der Waals surface area (Å²) < 4.78 is 0. The minimum absolute atomic E-state index is 0.156. The fraction of sp³-hybridized carbons (Fsp3) is 0.609. The van der Waals surface area contributed by atoms with Gasteiger partial charge in [-0.1, -0.05) is 41.5 Å². The van der Waals surface area contributed by atoms with Gasteiger partial charge in [0.15, 0.2) is 0 Å². The lowest BCUT2D eigenvalue weighted by molar-refractivity contribution is 0.0791. The van der Waals surface area contributed by atoms with Crippen molar-refractivity contribution in [2.75, 3.05) is 13.1 Å². The molecule has 0 amide bonds. The number of thiazole rings is 1. The number of nitrogens with one attached hydrogen (secondary N) is 1. The van der Waals surface area contributed by atoms with Gasteiger partial charge in [-0.3, -0.25) is 0 Å². The van der Waals surface area contributed by atoms with Gasteiger partial charge >= 0.3 is 0 Å². The maximum absolute atomic E-state index is 10.9. The highest BCUT2D eigenvalue weighted by Gasteiger charge is 2.28. The second kappa shape index (κ2) is 7.77. The number of piperidine rings is 1. The molecule has 0 saturated carbocycles. The van der Waals surface area contributed by atoms with Gasteiger partial charge in [0.05, 0.1) is 16.8 Å². The Hall–Kier alpha value is -1.43. The molecule has 0 aliphatic carbocycles. The molecule has 3 N–H and O–H groups in total. The van der Waals surface area contributed by atoms with Gasteiger partial charge in [-0.2, -0.15) is 0 Å². The Morgan fingerprint density at radius 3 is 2.25 bits per heavy atom. The van der Waals surface area contributed by atoms with Gasteiger partial charge in [-0.05, 0) is 35.9 Å². The molecule has 1 fully saturated rings. The molecular formula is C23H34N2O2S. The molecule has 1 aliphatic heterocycles. The van der Waals surface area contributed by atoms with Crippen LogP contribution in [0, 0.1) is 5.92 Å². The first-order valence-electron chi connectivity index (χ1n) is 10.2. The molecule has 0 spiro atoms. The Morgan fingerprint density at radius 1 is 1.11 bits per heavy atom. The molecule has 2 unspecified atom stereocenters. The van der Waals surface area contributed by atoms with Crippen LogP contribution in [0.15, 0.2) is 17.5 Å². The third kappa shape index (κ3) is 4.58. The van der Waals surface area contributed by atoms with Crippen LogP contribution in [0.3, 0.4) is 0 Å². The number of aliphatic hydroxyl groups is 1. The van der Waals surface area contributed by atoms with Crippen LogP contribution in [0.1, 0.15) is 64.1 Å². The van der Waals surface area contributed by atoms with Crippen molar-refractivity contribution in [2.45, 2.75) is 71.3 Å². The summed E-state index contributed by atoms with van der Waals surface area (Å²) in [6.45, 7) is 14.5. The molecular weight excluding hydrogens is 368 g/mol. The van der Waals surface area contributed by atoms with Crippen LogP contribution in [0.4, 0.5) is 0 Å². The third-order valence-electron chi connectivity index (χ3n) is 5.58. The molecule has 2 heterocycles. The predicted molar refractivity (Wildman–Crippen MR) is 117 cm³/mol. The number of nitrogens with zero attached hydrogens (tertiary/aromatic N) is 1. The molecule has 2 aromatic rings. The standard InChI is InChI=1S/C23H34N2O2S/c1-22(2,3)16-9-14(10-17(21(16)27)23(4,5)6)18-13-28-20(25-18)11-15-12-24-8-7-19(15)26/h9-10,13,15,19,24,26-27H,7-8,11-12H2,1-6H3. The molecule has 0 radical (unpaired) electrons. The lowest BCUT2D eigenvalue weighted by Crippen LogP contribution is -2.40. The normalized spacial score (nSPS) is 21.1. The highest BCUT2D eigenvalue weighted by atomic mass is 32.1. The van der Waals surface area contributed by atoms with Crippen molar-refractivity contribution in [2.24, 2.45) is 5.92 Å². The molecule has 28 heavy (non-hydrogen) atoms. The summed E-state index contributed by atoms with van der Waals surface area (Å²) in [7, 11) is 0. The predicted octanol–water partition coefficient (Wildman–Crippen LogP) is 4.62. The number of hydrogen-bond acceptors (Lipinski definition) is 5. The first-order valence-corrected chi connectivity index (χ1v) is 11.1. The van der Waals surface area contributed by atoms with Crippen LogP contribution in [0.5, 0.6) is 5.75 Å². The van der Waals surface area contributed by atoms with Crippen molar-refractivity contribution in [3.63, 3.8) is 0 Å². The van der Waals surface area contributed by atoms with Gasteiger partial charge in [-0.15, -0.1) is 11.3 Å². The van der Waals surface area contributed by atoms with Crippen LogP contribution in [-0.4, -0.2) is 34.4 Å². The Balaban J connectivity index is 1.96. The Labute approximate surface area is 173 Å². The Morgan fingerprint density at radius 2 is 1.71 bits per heavy atom. The number of aromatic nitrogens is 1. The summed E-state index contributed by atoms with van der Waals surface area (Å²) in [5.74, 6) is 0.624. The monoisotopic (exact) mass is 402 g/mol. The van der Waals surface area contributed by atoms with Crippen LogP contribution < -0.4 is 5.32 Å². The number of aromatic hydroxyl groups is 1. The lowest BCUT2D eigenvalue weighted by Gasteiger charge is -2.28. The van der Waals surface area contributed by atoms with Gasteiger partial charge < -0.3 is 15.5 Å². The molecule has 5 heteroatoms. The van der Waals surface area contributed by atoms with E-state index < -0.39 is 0 Å². The Bertz CT molecular complexity index is 795. The average Bonchev–Trinajstić information content (AvgIpc) is 3.03. The van der Waals surface area contributed by atoms with E-state index in [0.717, 1.165) is 53.3 Å². The average molecular weight is 403 g/mol. The number of hydrogen-bond donors (Lipinski definition) is 3. The van der Waals surface area contributed by atoms with Crippen molar-refractivity contribution < 1.29 is 10.2 Å². The fourth-order valence-electron chi connectivity index (χ4n) is 3.80. The van der Waals surface area contributed by atoms with Gasteiger partial charge in [0.25, 0.3) is 0 Å².